The quantitative estimate of drug-likeness (QED) is 0.225. The molecule has 0 bridgehead atoms. The SMILES string of the molecule is CCCOC(=O)C(N)C[C@@H](S)C(=O)N(CCOC(C)C)c1ccc(C(=O)N2CCN(CCc3ccc(Cl)cc3)CC2)cc1. The second-order valence-corrected chi connectivity index (χ2v) is 12.1. The predicted molar refractivity (Wildman–Crippen MR) is 174 cm³/mol. The first kappa shape index (κ1) is 34.9. The van der Waals surface area contributed by atoms with Crippen LogP contribution in [0, 0.1) is 0 Å². The Bertz CT molecular complexity index is 1170. The van der Waals surface area contributed by atoms with Crippen molar-refractivity contribution in [1.82, 2.24) is 9.80 Å². The summed E-state index contributed by atoms with van der Waals surface area (Å²) in [6.07, 6.45) is 1.66. The largest absolute Gasteiger partial charge is 0.465 e. The van der Waals surface area contributed by atoms with E-state index in [-0.39, 0.29) is 37.5 Å². The Hall–Kier alpha value is -2.63. The highest BCUT2D eigenvalue weighted by Gasteiger charge is 2.28. The van der Waals surface area contributed by atoms with E-state index in [0.717, 1.165) is 31.1 Å². The van der Waals surface area contributed by atoms with Crippen LogP contribution in [0.3, 0.4) is 0 Å². The maximum atomic E-state index is 13.4. The van der Waals surface area contributed by atoms with E-state index >= 15 is 0 Å². The lowest BCUT2D eigenvalue weighted by atomic mass is 10.1. The van der Waals surface area contributed by atoms with Crippen LogP contribution in [0.4, 0.5) is 5.69 Å². The summed E-state index contributed by atoms with van der Waals surface area (Å²) >= 11 is 10.5. The molecule has 3 rings (SSSR count). The van der Waals surface area contributed by atoms with Gasteiger partial charge in [-0.15, -0.1) is 0 Å². The van der Waals surface area contributed by atoms with Crippen LogP contribution in [-0.2, 0) is 25.5 Å². The number of piperazine rings is 1. The Balaban J connectivity index is 1.59. The Morgan fingerprint density at radius 3 is 2.26 bits per heavy atom. The van der Waals surface area contributed by atoms with Gasteiger partial charge in [0.1, 0.15) is 6.04 Å². The van der Waals surface area contributed by atoms with E-state index in [9.17, 15) is 14.4 Å². The minimum absolute atomic E-state index is 0.00316. The molecule has 1 heterocycles. The number of hydrogen-bond donors (Lipinski definition) is 2. The van der Waals surface area contributed by atoms with Crippen molar-refractivity contribution in [3.8, 4) is 0 Å². The van der Waals surface area contributed by atoms with E-state index in [2.05, 4.69) is 17.5 Å². The van der Waals surface area contributed by atoms with Gasteiger partial charge in [0, 0.05) is 55.5 Å². The fraction of sp³-hybridized carbons (Fsp3) is 0.531. The van der Waals surface area contributed by atoms with Crippen LogP contribution in [0.15, 0.2) is 48.5 Å². The molecule has 236 valence electrons. The van der Waals surface area contributed by atoms with Crippen molar-refractivity contribution in [2.45, 2.75) is 57.4 Å². The van der Waals surface area contributed by atoms with Gasteiger partial charge in [0.05, 0.1) is 24.6 Å². The van der Waals surface area contributed by atoms with Crippen molar-refractivity contribution in [2.75, 3.05) is 57.4 Å². The highest BCUT2D eigenvalue weighted by Crippen LogP contribution is 2.21. The zero-order valence-electron chi connectivity index (χ0n) is 25.4. The monoisotopic (exact) mass is 632 g/mol. The number of carbonyl (C=O) groups excluding carboxylic acids is 3. The van der Waals surface area contributed by atoms with E-state index in [1.807, 2.05) is 49.9 Å². The maximum Gasteiger partial charge on any atom is 0.322 e. The molecule has 2 atom stereocenters. The molecule has 0 spiro atoms. The molecule has 0 saturated carbocycles. The number of hydrogen-bond acceptors (Lipinski definition) is 8. The van der Waals surface area contributed by atoms with Crippen LogP contribution in [0.25, 0.3) is 0 Å². The summed E-state index contributed by atoms with van der Waals surface area (Å²) in [4.78, 5) is 44.7. The van der Waals surface area contributed by atoms with Crippen molar-refractivity contribution in [3.63, 3.8) is 0 Å². The third-order valence-electron chi connectivity index (χ3n) is 7.26. The van der Waals surface area contributed by atoms with E-state index < -0.39 is 17.3 Å². The van der Waals surface area contributed by atoms with Crippen molar-refractivity contribution in [1.29, 1.82) is 0 Å². The fourth-order valence-electron chi connectivity index (χ4n) is 4.75. The fourth-order valence-corrected chi connectivity index (χ4v) is 5.25. The van der Waals surface area contributed by atoms with Crippen LogP contribution in [-0.4, -0.2) is 97.5 Å². The van der Waals surface area contributed by atoms with E-state index in [1.54, 1.807) is 29.2 Å². The molecular weight excluding hydrogens is 588 g/mol. The van der Waals surface area contributed by atoms with Gasteiger partial charge < -0.3 is 25.0 Å². The predicted octanol–water partition coefficient (Wildman–Crippen LogP) is 4.07. The average Bonchev–Trinajstić information content (AvgIpc) is 3.01. The summed E-state index contributed by atoms with van der Waals surface area (Å²) in [5.41, 5.74) is 8.41. The summed E-state index contributed by atoms with van der Waals surface area (Å²) in [5.74, 6) is -0.884. The standard InChI is InChI=1S/C32H45ClN4O5S/c1-4-20-42-32(40)28(34)22-29(43)31(39)37(19-21-41-23(2)3)27-11-7-25(8-12-27)30(38)36-17-15-35(16-18-36)14-13-24-5-9-26(33)10-6-24/h5-12,23,28-29,43H,4,13-22,34H2,1-3H3/t28?,29-/m1/s1. The maximum absolute atomic E-state index is 13.4. The number of esters is 1. The molecule has 11 heteroatoms. The number of nitrogens with zero attached hydrogens (tertiary/aromatic N) is 3. The molecule has 43 heavy (non-hydrogen) atoms. The summed E-state index contributed by atoms with van der Waals surface area (Å²) < 4.78 is 10.8. The number of amides is 2. The number of halogens is 1. The van der Waals surface area contributed by atoms with Crippen LogP contribution < -0.4 is 10.6 Å². The molecule has 0 aromatic heterocycles. The van der Waals surface area contributed by atoms with E-state index in [1.165, 1.54) is 5.56 Å². The number of ether oxygens (including phenoxy) is 2. The number of rotatable bonds is 15. The molecule has 2 aromatic rings. The van der Waals surface area contributed by atoms with Gasteiger partial charge >= 0.3 is 5.97 Å². The first-order chi connectivity index (χ1) is 20.6. The molecule has 1 saturated heterocycles. The first-order valence-electron chi connectivity index (χ1n) is 15.0. The molecule has 2 N–H and O–H groups in total. The summed E-state index contributed by atoms with van der Waals surface area (Å²) in [6, 6.07) is 14.0. The molecule has 2 amide bonds. The zero-order chi connectivity index (χ0) is 31.4. The highest BCUT2D eigenvalue weighted by atomic mass is 35.5. The minimum atomic E-state index is -0.954. The Morgan fingerprint density at radius 1 is 1.00 bits per heavy atom. The molecule has 9 nitrogen and oxygen atoms in total. The van der Waals surface area contributed by atoms with Gasteiger partial charge in [0.2, 0.25) is 5.91 Å². The number of thiol groups is 1. The Morgan fingerprint density at radius 2 is 1.65 bits per heavy atom. The lowest BCUT2D eigenvalue weighted by molar-refractivity contribution is -0.145. The summed E-state index contributed by atoms with van der Waals surface area (Å²) in [5, 5.41) is -0.0825. The summed E-state index contributed by atoms with van der Waals surface area (Å²) in [7, 11) is 0. The van der Waals surface area contributed by atoms with Gasteiger partial charge in [-0.2, -0.15) is 12.6 Å². The molecule has 0 aliphatic carbocycles. The zero-order valence-corrected chi connectivity index (χ0v) is 27.1. The van der Waals surface area contributed by atoms with Gasteiger partial charge in [0.25, 0.3) is 5.91 Å². The molecule has 1 aliphatic heterocycles. The second-order valence-electron chi connectivity index (χ2n) is 11.0. The number of carbonyl (C=O) groups is 3. The van der Waals surface area contributed by atoms with E-state index in [0.29, 0.717) is 37.4 Å². The van der Waals surface area contributed by atoms with Crippen LogP contribution in [0.2, 0.25) is 5.02 Å². The highest BCUT2D eigenvalue weighted by molar-refractivity contribution is 7.81. The number of anilines is 1. The van der Waals surface area contributed by atoms with Gasteiger partial charge in [-0.3, -0.25) is 19.3 Å². The Kier molecular flexibility index (Phi) is 14.3. The lowest BCUT2D eigenvalue weighted by Gasteiger charge is -2.35. The summed E-state index contributed by atoms with van der Waals surface area (Å²) in [6.45, 7) is 10.5. The van der Waals surface area contributed by atoms with Crippen molar-refractivity contribution in [3.05, 3.63) is 64.7 Å². The van der Waals surface area contributed by atoms with Crippen molar-refractivity contribution in [2.24, 2.45) is 5.73 Å². The van der Waals surface area contributed by atoms with Crippen molar-refractivity contribution < 1.29 is 23.9 Å². The molecule has 1 aliphatic rings. The van der Waals surface area contributed by atoms with Crippen molar-refractivity contribution >= 4 is 47.7 Å². The molecule has 2 aromatic carbocycles. The van der Waals surface area contributed by atoms with Crippen LogP contribution >= 0.6 is 24.2 Å². The van der Waals surface area contributed by atoms with E-state index in [4.69, 9.17) is 26.8 Å². The van der Waals surface area contributed by atoms with Gasteiger partial charge in [-0.05, 0) is 75.1 Å². The smallest absolute Gasteiger partial charge is 0.322 e. The third-order valence-corrected chi connectivity index (χ3v) is 7.94. The van der Waals surface area contributed by atoms with Crippen LogP contribution in [0.1, 0.15) is 49.5 Å². The third kappa shape index (κ3) is 11.1. The normalized spacial score (nSPS) is 15.3. The van der Waals surface area contributed by atoms with Gasteiger partial charge in [-0.25, -0.2) is 0 Å². The lowest BCUT2D eigenvalue weighted by Crippen LogP contribution is -2.49. The van der Waals surface area contributed by atoms with Gasteiger partial charge in [-0.1, -0.05) is 30.7 Å². The second kappa shape index (κ2) is 17.6. The molecular formula is C32H45ClN4O5S. The van der Waals surface area contributed by atoms with Crippen LogP contribution in [0.5, 0.6) is 0 Å². The first-order valence-corrected chi connectivity index (χ1v) is 15.9. The van der Waals surface area contributed by atoms with Gasteiger partial charge in [0.15, 0.2) is 0 Å². The number of nitrogens with two attached hydrogens (primary N) is 1. The average molecular weight is 633 g/mol. The molecule has 0 radical (unpaired) electrons. The number of benzene rings is 2. The topological polar surface area (TPSA) is 105 Å². The minimum Gasteiger partial charge on any atom is -0.465 e. The molecule has 1 fully saturated rings. The Labute approximate surface area is 266 Å². The molecule has 1 unspecified atom stereocenters.